The number of aromatic nitrogens is 1. The Morgan fingerprint density at radius 3 is 2.77 bits per heavy atom. The Balaban J connectivity index is 2.36. The molecule has 2 rings (SSSR count). The molecule has 114 valence electrons. The standard InChI is InChI=1S/C15H13ClN2O4/c1-8-2-3-10(16)5-11(8)9-4-12(19)14(17-6-9)15(22)18-7-13(20)21/h2-6,19H,7H2,1H3,(H,18,22)(H,20,21)/i/hD. The number of hydrogen-bond acceptors (Lipinski definition) is 4. The molecule has 0 aliphatic rings. The van der Waals surface area contributed by atoms with Gasteiger partial charge in [0.25, 0.3) is 5.91 Å². The first-order valence-electron chi connectivity index (χ1n) is 6.72. The number of carbonyl (C=O) groups excluding carboxylic acids is 1. The molecule has 0 bridgehead atoms. The Kier molecular flexibility index (Phi) is 4.20. The second kappa shape index (κ2) is 6.44. The molecule has 22 heavy (non-hydrogen) atoms. The van der Waals surface area contributed by atoms with Crippen LogP contribution in [0.2, 0.25) is 6.43 Å². The van der Waals surface area contributed by atoms with Gasteiger partial charge in [0.2, 0.25) is 0 Å². The van der Waals surface area contributed by atoms with Crippen LogP contribution < -0.4 is 5.31 Å². The Labute approximate surface area is 132 Å². The highest BCUT2D eigenvalue weighted by Crippen LogP contribution is 2.29. The van der Waals surface area contributed by atoms with Crippen molar-refractivity contribution < 1.29 is 21.2 Å². The third kappa shape index (κ3) is 3.53. The van der Waals surface area contributed by atoms with Gasteiger partial charge in [-0.25, -0.2) is 4.98 Å². The first-order valence-corrected chi connectivity index (χ1v) is 6.65. The summed E-state index contributed by atoms with van der Waals surface area (Å²) < 4.78 is 7.36. The topological polar surface area (TPSA) is 99.5 Å². The van der Waals surface area contributed by atoms with Gasteiger partial charge in [0, 0.05) is 16.8 Å². The van der Waals surface area contributed by atoms with E-state index in [1.54, 1.807) is 12.1 Å². The molecule has 1 aromatic heterocycles. The largest absolute Gasteiger partial charge is 0.505 e. The van der Waals surface area contributed by atoms with Gasteiger partial charge in [-0.1, -0.05) is 17.7 Å². The Hall–Kier alpha value is -2.60. The number of halogens is 1. The number of nitrogens with zero attached hydrogens (tertiary/aromatic N) is 1. The minimum absolute atomic E-state index is 0.217. The molecule has 0 aliphatic heterocycles. The maximum atomic E-state index is 11.9. The highest BCUT2D eigenvalue weighted by atomic mass is 35.5. The number of aryl methyl sites for hydroxylation is 1. The van der Waals surface area contributed by atoms with E-state index in [2.05, 4.69) is 4.98 Å². The van der Waals surface area contributed by atoms with Crippen molar-refractivity contribution in [2.24, 2.45) is 0 Å². The molecule has 0 saturated heterocycles. The number of benzene rings is 1. The van der Waals surface area contributed by atoms with Gasteiger partial charge in [-0.15, -0.1) is 0 Å². The first-order chi connectivity index (χ1) is 10.8. The molecular weight excluding hydrogens is 308 g/mol. The van der Waals surface area contributed by atoms with Crippen molar-refractivity contribution in [2.45, 2.75) is 6.92 Å². The second-order valence-corrected chi connectivity index (χ2v) is 5.00. The van der Waals surface area contributed by atoms with Crippen molar-refractivity contribution in [1.82, 2.24) is 10.3 Å². The fraction of sp³-hybridized carbons (Fsp3) is 0.133. The molecule has 0 unspecified atom stereocenters. The van der Waals surface area contributed by atoms with E-state index >= 15 is 0 Å². The Morgan fingerprint density at radius 1 is 1.41 bits per heavy atom. The van der Waals surface area contributed by atoms with Crippen LogP contribution in [0.1, 0.15) is 16.1 Å². The summed E-state index contributed by atoms with van der Waals surface area (Å²) in [6.45, 7) is 1.05. The van der Waals surface area contributed by atoms with Crippen LogP contribution in [-0.2, 0) is 4.79 Å². The molecule has 0 spiro atoms. The minimum Gasteiger partial charge on any atom is -0.505 e. The van der Waals surface area contributed by atoms with Crippen molar-refractivity contribution in [1.29, 1.82) is 0 Å². The summed E-state index contributed by atoms with van der Waals surface area (Å²) in [5, 5.41) is 19.3. The predicted octanol–water partition coefficient (Wildman–Crippen LogP) is 2.23. The van der Waals surface area contributed by atoms with E-state index in [4.69, 9.17) is 18.1 Å². The van der Waals surface area contributed by atoms with Gasteiger partial charge in [-0.05, 0) is 36.2 Å². The summed E-state index contributed by atoms with van der Waals surface area (Å²) in [5.41, 5.74) is 1.81. The number of aromatic hydroxyl groups is 1. The van der Waals surface area contributed by atoms with Crippen LogP contribution >= 0.6 is 11.6 Å². The summed E-state index contributed by atoms with van der Waals surface area (Å²) in [4.78, 5) is 26.3. The van der Waals surface area contributed by atoms with Gasteiger partial charge in [-0.2, -0.15) is 0 Å². The molecule has 0 fully saturated rings. The number of carboxylic acid groups (broad SMARTS) is 1. The van der Waals surface area contributed by atoms with Crippen LogP contribution in [0.25, 0.3) is 11.1 Å². The zero-order valence-electron chi connectivity index (χ0n) is 12.6. The molecule has 1 amide bonds. The summed E-state index contributed by atoms with van der Waals surface area (Å²) in [6, 6.07) is 6.57. The second-order valence-electron chi connectivity index (χ2n) is 4.57. The van der Waals surface area contributed by atoms with E-state index in [9.17, 15) is 14.7 Å². The van der Waals surface area contributed by atoms with Gasteiger partial charge in [0.1, 0.15) is 12.3 Å². The number of hydrogen-bond donors (Lipinski definition) is 3. The molecule has 1 heterocycles. The summed E-state index contributed by atoms with van der Waals surface area (Å²) >= 11 is 5.95. The zero-order valence-corrected chi connectivity index (χ0v) is 12.3. The van der Waals surface area contributed by atoms with Crippen LogP contribution in [0, 0.1) is 6.92 Å². The minimum atomic E-state index is -1.33. The normalized spacial score (nSPS) is 10.9. The Morgan fingerprint density at radius 2 is 2.14 bits per heavy atom. The summed E-state index contributed by atoms with van der Waals surface area (Å²) in [7, 11) is 0. The summed E-state index contributed by atoms with van der Waals surface area (Å²) in [6.07, 6.45) is 1.36. The lowest BCUT2D eigenvalue weighted by molar-refractivity contribution is -0.135. The van der Waals surface area contributed by atoms with Crippen molar-refractivity contribution >= 4 is 23.5 Å². The molecule has 0 saturated carbocycles. The molecular formula is C15H13ClN2O4. The lowest BCUT2D eigenvalue weighted by atomic mass is 10.0. The SMILES string of the molecule is [2H]N(CC(=O)O)C(=O)c1ncc(-c2cc(Cl)ccc2C)cc1O. The quantitative estimate of drug-likeness (QED) is 0.802. The number of amides is 1. The highest BCUT2D eigenvalue weighted by molar-refractivity contribution is 6.30. The molecule has 3 N–H and O–H groups in total. The maximum Gasteiger partial charge on any atom is 0.322 e. The number of nitrogens with one attached hydrogen (secondary N) is 1. The van der Waals surface area contributed by atoms with Crippen molar-refractivity contribution in [3.05, 3.63) is 46.7 Å². The monoisotopic (exact) mass is 321 g/mol. The first kappa shape index (κ1) is 14.3. The fourth-order valence-electron chi connectivity index (χ4n) is 1.88. The van der Waals surface area contributed by atoms with Crippen LogP contribution in [0.4, 0.5) is 0 Å². The van der Waals surface area contributed by atoms with Gasteiger partial charge < -0.3 is 15.5 Å². The number of aliphatic carboxylic acids is 1. The van der Waals surface area contributed by atoms with Crippen LogP contribution in [0.3, 0.4) is 0 Å². The molecule has 0 aliphatic carbocycles. The maximum absolute atomic E-state index is 11.9. The van der Waals surface area contributed by atoms with E-state index in [0.717, 1.165) is 11.1 Å². The third-order valence-electron chi connectivity index (χ3n) is 2.94. The molecule has 1 aromatic carbocycles. The van der Waals surface area contributed by atoms with Crippen molar-refractivity contribution in [3.8, 4) is 16.9 Å². The van der Waals surface area contributed by atoms with E-state index in [0.29, 0.717) is 10.6 Å². The van der Waals surface area contributed by atoms with E-state index in [1.165, 1.54) is 12.3 Å². The molecule has 6 nitrogen and oxygen atoms in total. The van der Waals surface area contributed by atoms with Crippen molar-refractivity contribution in [2.75, 3.05) is 6.54 Å². The lowest BCUT2D eigenvalue weighted by Crippen LogP contribution is -2.29. The number of rotatable bonds is 4. The van der Waals surface area contributed by atoms with Gasteiger partial charge >= 0.3 is 5.97 Å². The fourth-order valence-corrected chi connectivity index (χ4v) is 2.06. The van der Waals surface area contributed by atoms with Gasteiger partial charge in [0.15, 0.2) is 7.11 Å². The van der Waals surface area contributed by atoms with Crippen LogP contribution in [0.15, 0.2) is 30.5 Å². The van der Waals surface area contributed by atoms with Gasteiger partial charge in [0.05, 0.1) is 0 Å². The third-order valence-corrected chi connectivity index (χ3v) is 3.17. The summed E-state index contributed by atoms with van der Waals surface area (Å²) in [5.74, 6) is -2.77. The Bertz CT molecular complexity index is 782. The van der Waals surface area contributed by atoms with Crippen LogP contribution in [0.5, 0.6) is 5.75 Å². The van der Waals surface area contributed by atoms with Crippen molar-refractivity contribution in [3.63, 3.8) is 0 Å². The molecule has 2 aromatic rings. The number of pyridine rings is 1. The predicted molar refractivity (Wildman–Crippen MR) is 81.1 cm³/mol. The van der Waals surface area contributed by atoms with Crippen LogP contribution in [-0.4, -0.2) is 33.6 Å². The molecule has 7 heteroatoms. The lowest BCUT2D eigenvalue weighted by Gasteiger charge is -2.09. The van der Waals surface area contributed by atoms with E-state index in [-0.39, 0.29) is 11.0 Å². The smallest absolute Gasteiger partial charge is 0.322 e. The zero-order chi connectivity index (χ0) is 17.1. The number of carboxylic acids is 1. The highest BCUT2D eigenvalue weighted by Gasteiger charge is 2.15. The average Bonchev–Trinajstić information content (AvgIpc) is 2.48. The average molecular weight is 322 g/mol. The molecule has 0 atom stereocenters. The molecule has 0 radical (unpaired) electrons. The van der Waals surface area contributed by atoms with Gasteiger partial charge in [-0.3, -0.25) is 9.59 Å². The number of carbonyl (C=O) groups is 2. The van der Waals surface area contributed by atoms with E-state index < -0.39 is 24.2 Å². The van der Waals surface area contributed by atoms with E-state index in [1.807, 2.05) is 13.0 Å².